The van der Waals surface area contributed by atoms with Gasteiger partial charge in [0.1, 0.15) is 20.7 Å². The molecule has 0 fully saturated rings. The van der Waals surface area contributed by atoms with Crippen molar-refractivity contribution in [3.05, 3.63) is 23.8 Å². The van der Waals surface area contributed by atoms with Crippen molar-refractivity contribution >= 4 is 57.1 Å². The Hall–Kier alpha value is -0.780. The minimum atomic E-state index is -0.733. The van der Waals surface area contributed by atoms with Gasteiger partial charge in [0.15, 0.2) is 5.78 Å². The Morgan fingerprint density at radius 3 is 2.48 bits per heavy atom. The van der Waals surface area contributed by atoms with E-state index in [2.05, 4.69) is 32.6 Å². The summed E-state index contributed by atoms with van der Waals surface area (Å²) in [5.74, 6) is 0.742. The number of amides is 1. The van der Waals surface area contributed by atoms with E-state index in [0.29, 0.717) is 26.3 Å². The minimum absolute atomic E-state index is 0.279. The standard InChI is InChI=1S/C13H15I2NO5/c1-8(16-13(18)19-2)12(17)10-5-9(20-6-14)3-4-11(10)21-7-15/h3-5,8H,6-7H2,1-2H3,(H,16,18)/t8-/m0/s1. The van der Waals surface area contributed by atoms with Crippen LogP contribution in [0.15, 0.2) is 18.2 Å². The predicted molar refractivity (Wildman–Crippen MR) is 94.8 cm³/mol. The molecule has 21 heavy (non-hydrogen) atoms. The second-order valence-electron chi connectivity index (χ2n) is 3.89. The molecule has 1 aromatic carbocycles. The number of ketones is 1. The molecular formula is C13H15I2NO5. The highest BCUT2D eigenvalue weighted by Crippen LogP contribution is 2.26. The van der Waals surface area contributed by atoms with Gasteiger partial charge < -0.3 is 19.5 Å². The number of nitrogens with one attached hydrogen (secondary N) is 1. The van der Waals surface area contributed by atoms with Crippen molar-refractivity contribution in [2.75, 3.05) is 16.3 Å². The Morgan fingerprint density at radius 1 is 1.24 bits per heavy atom. The maximum absolute atomic E-state index is 12.4. The van der Waals surface area contributed by atoms with Crippen LogP contribution in [0.5, 0.6) is 11.5 Å². The molecule has 0 bridgehead atoms. The molecule has 1 aromatic rings. The van der Waals surface area contributed by atoms with Crippen LogP contribution in [0.3, 0.4) is 0 Å². The van der Waals surface area contributed by atoms with E-state index in [0.717, 1.165) is 0 Å². The van der Waals surface area contributed by atoms with Crippen molar-refractivity contribution < 1.29 is 23.8 Å². The van der Waals surface area contributed by atoms with Crippen LogP contribution >= 0.6 is 45.2 Å². The van der Waals surface area contributed by atoms with Gasteiger partial charge in [0.25, 0.3) is 0 Å². The first kappa shape index (κ1) is 18.3. The summed E-state index contributed by atoms with van der Waals surface area (Å²) < 4.78 is 16.2. The summed E-state index contributed by atoms with van der Waals surface area (Å²) >= 11 is 4.11. The van der Waals surface area contributed by atoms with E-state index >= 15 is 0 Å². The van der Waals surface area contributed by atoms with Crippen LogP contribution in [-0.2, 0) is 4.74 Å². The van der Waals surface area contributed by atoms with E-state index in [1.807, 2.05) is 22.6 Å². The summed E-state index contributed by atoms with van der Waals surface area (Å²) in [4.78, 5) is 23.6. The second kappa shape index (κ2) is 9.28. The molecule has 6 nitrogen and oxygen atoms in total. The smallest absolute Gasteiger partial charge is 0.407 e. The molecule has 1 N–H and O–H groups in total. The third-order valence-corrected chi connectivity index (χ3v) is 3.18. The molecule has 0 saturated carbocycles. The number of carbonyl (C=O) groups excluding carboxylic acids is 2. The minimum Gasteiger partial charge on any atom is -0.483 e. The van der Waals surface area contributed by atoms with Gasteiger partial charge in [-0.25, -0.2) is 4.79 Å². The van der Waals surface area contributed by atoms with E-state index in [4.69, 9.17) is 9.47 Å². The summed E-state index contributed by atoms with van der Waals surface area (Å²) in [5, 5.41) is 2.44. The molecule has 1 rings (SSSR count). The average molecular weight is 519 g/mol. The normalized spacial score (nSPS) is 11.4. The van der Waals surface area contributed by atoms with Gasteiger partial charge >= 0.3 is 6.09 Å². The molecule has 0 aliphatic heterocycles. The lowest BCUT2D eigenvalue weighted by molar-refractivity contribution is 0.0937. The second-order valence-corrected chi connectivity index (χ2v) is 5.13. The van der Waals surface area contributed by atoms with Crippen LogP contribution < -0.4 is 14.8 Å². The highest BCUT2D eigenvalue weighted by atomic mass is 127. The molecule has 0 spiro atoms. The third-order valence-electron chi connectivity index (χ3n) is 2.56. The van der Waals surface area contributed by atoms with Crippen LogP contribution in [0, 0.1) is 0 Å². The first-order chi connectivity index (χ1) is 10.0. The lowest BCUT2D eigenvalue weighted by Gasteiger charge is -2.15. The zero-order chi connectivity index (χ0) is 15.8. The number of alkyl halides is 2. The molecule has 0 aliphatic rings. The Balaban J connectivity index is 3.03. The average Bonchev–Trinajstić information content (AvgIpc) is 2.48. The molecule has 0 unspecified atom stereocenters. The van der Waals surface area contributed by atoms with E-state index < -0.39 is 12.1 Å². The molecule has 116 valence electrons. The molecule has 0 radical (unpaired) electrons. The molecular weight excluding hydrogens is 504 g/mol. The maximum Gasteiger partial charge on any atom is 0.407 e. The Bertz CT molecular complexity index is 509. The van der Waals surface area contributed by atoms with Crippen LogP contribution in [0.4, 0.5) is 4.79 Å². The van der Waals surface area contributed by atoms with Gasteiger partial charge in [-0.3, -0.25) is 4.79 Å². The van der Waals surface area contributed by atoms with Crippen LogP contribution in [0.25, 0.3) is 0 Å². The fraction of sp³-hybridized carbons (Fsp3) is 0.385. The van der Waals surface area contributed by atoms with Crippen molar-refractivity contribution in [1.82, 2.24) is 5.32 Å². The lowest BCUT2D eigenvalue weighted by atomic mass is 10.0. The number of Topliss-reactive ketones (excluding diaryl/α,β-unsaturated/α-hetero) is 1. The Labute approximate surface area is 150 Å². The zero-order valence-corrected chi connectivity index (χ0v) is 15.8. The SMILES string of the molecule is COC(=O)N[C@@H](C)C(=O)c1cc(OCI)ccc1OCI. The number of alkyl carbamates (subject to hydrolysis) is 1. The van der Waals surface area contributed by atoms with E-state index in [-0.39, 0.29) is 5.78 Å². The van der Waals surface area contributed by atoms with Crippen molar-refractivity contribution in [3.63, 3.8) is 0 Å². The van der Waals surface area contributed by atoms with Gasteiger partial charge in [-0.1, -0.05) is 0 Å². The highest BCUT2D eigenvalue weighted by Gasteiger charge is 2.22. The van der Waals surface area contributed by atoms with Gasteiger partial charge in [0, 0.05) is 0 Å². The summed E-state index contributed by atoms with van der Waals surface area (Å²) in [6, 6.07) is 4.29. The van der Waals surface area contributed by atoms with Crippen molar-refractivity contribution in [3.8, 4) is 11.5 Å². The van der Waals surface area contributed by atoms with E-state index in [1.54, 1.807) is 25.1 Å². The fourth-order valence-electron chi connectivity index (χ4n) is 1.57. The van der Waals surface area contributed by atoms with Gasteiger partial charge in [0.05, 0.1) is 18.7 Å². The Kier molecular flexibility index (Phi) is 8.07. The molecule has 0 aliphatic carbocycles. The van der Waals surface area contributed by atoms with Gasteiger partial charge in [-0.05, 0) is 70.3 Å². The largest absolute Gasteiger partial charge is 0.483 e. The molecule has 0 aromatic heterocycles. The number of hydrogen-bond donors (Lipinski definition) is 1. The number of methoxy groups -OCH3 is 1. The maximum atomic E-state index is 12.4. The quantitative estimate of drug-likeness (QED) is 0.341. The lowest BCUT2D eigenvalue weighted by Crippen LogP contribution is -2.38. The number of benzene rings is 1. The summed E-state index contributed by atoms with van der Waals surface area (Å²) in [6.07, 6.45) is -0.660. The molecule has 1 atom stereocenters. The first-order valence-electron chi connectivity index (χ1n) is 5.93. The van der Waals surface area contributed by atoms with Gasteiger partial charge in [-0.2, -0.15) is 0 Å². The summed E-state index contributed by atoms with van der Waals surface area (Å²) in [6.45, 7) is 1.58. The third kappa shape index (κ3) is 5.49. The molecule has 0 saturated heterocycles. The fourth-order valence-corrected chi connectivity index (χ4v) is 2.27. The first-order valence-corrected chi connectivity index (χ1v) is 8.98. The van der Waals surface area contributed by atoms with Crippen LogP contribution in [0.2, 0.25) is 0 Å². The topological polar surface area (TPSA) is 73.9 Å². The zero-order valence-electron chi connectivity index (χ0n) is 11.5. The monoisotopic (exact) mass is 519 g/mol. The van der Waals surface area contributed by atoms with Crippen molar-refractivity contribution in [2.45, 2.75) is 13.0 Å². The highest BCUT2D eigenvalue weighted by molar-refractivity contribution is 14.1. The molecule has 0 heterocycles. The van der Waals surface area contributed by atoms with Crippen LogP contribution in [-0.4, -0.2) is 34.3 Å². The summed E-state index contributed by atoms with van der Waals surface area (Å²) in [5.41, 5.74) is 0.359. The predicted octanol–water partition coefficient (Wildman–Crippen LogP) is 3.16. The van der Waals surface area contributed by atoms with E-state index in [9.17, 15) is 9.59 Å². The number of rotatable bonds is 7. The van der Waals surface area contributed by atoms with Gasteiger partial charge in [-0.15, -0.1) is 0 Å². The van der Waals surface area contributed by atoms with Gasteiger partial charge in [0.2, 0.25) is 0 Å². The Morgan fingerprint density at radius 2 is 1.90 bits per heavy atom. The van der Waals surface area contributed by atoms with Crippen molar-refractivity contribution in [1.29, 1.82) is 0 Å². The summed E-state index contributed by atoms with van der Waals surface area (Å²) in [7, 11) is 1.24. The van der Waals surface area contributed by atoms with Crippen molar-refractivity contribution in [2.24, 2.45) is 0 Å². The number of carbonyl (C=O) groups is 2. The van der Waals surface area contributed by atoms with Crippen LogP contribution in [0.1, 0.15) is 17.3 Å². The molecule has 8 heteroatoms. The number of halogens is 2. The van der Waals surface area contributed by atoms with E-state index in [1.165, 1.54) is 7.11 Å². The number of hydrogen-bond acceptors (Lipinski definition) is 5. The molecule has 1 amide bonds. The number of ether oxygens (including phenoxy) is 3.